The minimum absolute atomic E-state index is 0.0985. The fourth-order valence-electron chi connectivity index (χ4n) is 2.59. The molecule has 5 nitrogen and oxygen atoms in total. The molecule has 2 atom stereocenters. The van der Waals surface area contributed by atoms with Crippen molar-refractivity contribution in [3.63, 3.8) is 0 Å². The van der Waals surface area contributed by atoms with E-state index in [0.717, 1.165) is 18.4 Å². The van der Waals surface area contributed by atoms with Crippen molar-refractivity contribution in [3.05, 3.63) is 42.0 Å². The van der Waals surface area contributed by atoms with Crippen molar-refractivity contribution in [3.8, 4) is 0 Å². The second kappa shape index (κ2) is 7.07. The average Bonchev–Trinajstić information content (AvgIpc) is 2.92. The minimum Gasteiger partial charge on any atom is -0.466 e. The molecule has 1 aliphatic carbocycles. The molecule has 1 aromatic rings. The van der Waals surface area contributed by atoms with Crippen LogP contribution in [0.5, 0.6) is 0 Å². The Kier molecular flexibility index (Phi) is 5.37. The van der Waals surface area contributed by atoms with E-state index >= 15 is 0 Å². The molecule has 0 saturated heterocycles. The highest BCUT2D eigenvalue weighted by Crippen LogP contribution is 2.27. The van der Waals surface area contributed by atoms with Crippen LogP contribution in [0.2, 0.25) is 0 Å². The third-order valence-corrected chi connectivity index (χ3v) is 5.37. The number of rotatable bonds is 5. The van der Waals surface area contributed by atoms with Crippen molar-refractivity contribution < 1.29 is 17.9 Å². The Bertz CT molecular complexity index is 649. The maximum absolute atomic E-state index is 12.3. The monoisotopic (exact) mass is 323 g/mol. The van der Waals surface area contributed by atoms with Crippen LogP contribution < -0.4 is 4.72 Å². The van der Waals surface area contributed by atoms with Gasteiger partial charge in [0.25, 0.3) is 0 Å². The Morgan fingerprint density at radius 2 is 1.95 bits per heavy atom. The van der Waals surface area contributed by atoms with E-state index in [1.807, 2.05) is 6.92 Å². The fourth-order valence-corrected chi connectivity index (χ4v) is 3.87. The molecule has 22 heavy (non-hydrogen) atoms. The van der Waals surface area contributed by atoms with Gasteiger partial charge in [-0.15, -0.1) is 0 Å². The summed E-state index contributed by atoms with van der Waals surface area (Å²) in [6, 6.07) is 6.69. The lowest BCUT2D eigenvalue weighted by Gasteiger charge is -2.13. The van der Waals surface area contributed by atoms with E-state index in [2.05, 4.69) is 9.46 Å². The first-order valence-corrected chi connectivity index (χ1v) is 8.74. The van der Waals surface area contributed by atoms with E-state index in [1.165, 1.54) is 13.2 Å². The van der Waals surface area contributed by atoms with Gasteiger partial charge in [0.15, 0.2) is 0 Å². The quantitative estimate of drug-likeness (QED) is 0.666. The highest BCUT2D eigenvalue weighted by molar-refractivity contribution is 7.89. The zero-order valence-electron chi connectivity index (χ0n) is 12.8. The first kappa shape index (κ1) is 16.7. The molecular formula is C16H21NO4S. The number of esters is 1. The summed E-state index contributed by atoms with van der Waals surface area (Å²) in [5, 5.41) is 0. The minimum atomic E-state index is -3.49. The first-order valence-electron chi connectivity index (χ1n) is 7.26. The molecule has 6 heteroatoms. The Balaban J connectivity index is 1.96. The fraction of sp³-hybridized carbons (Fsp3) is 0.438. The van der Waals surface area contributed by atoms with E-state index in [9.17, 15) is 13.2 Å². The SMILES string of the molecule is COC(=O)/C=C/C1CCC(NS(=O)(=O)c2ccc(C)cc2)C1. The molecule has 1 aromatic carbocycles. The second-order valence-electron chi connectivity index (χ2n) is 5.59. The number of methoxy groups -OCH3 is 1. The summed E-state index contributed by atoms with van der Waals surface area (Å²) in [6.45, 7) is 1.92. The van der Waals surface area contributed by atoms with Crippen LogP contribution in [0.1, 0.15) is 24.8 Å². The van der Waals surface area contributed by atoms with Crippen LogP contribution >= 0.6 is 0 Å². The Morgan fingerprint density at radius 1 is 1.27 bits per heavy atom. The second-order valence-corrected chi connectivity index (χ2v) is 7.30. The van der Waals surface area contributed by atoms with E-state index < -0.39 is 10.0 Å². The largest absolute Gasteiger partial charge is 0.466 e. The molecule has 0 radical (unpaired) electrons. The Morgan fingerprint density at radius 3 is 2.59 bits per heavy atom. The standard InChI is InChI=1S/C16H21NO4S/c1-12-3-8-15(9-4-12)22(19,20)17-14-7-5-13(11-14)6-10-16(18)21-2/h3-4,6,8-10,13-14,17H,5,7,11H2,1-2H3/b10-6+. The summed E-state index contributed by atoms with van der Waals surface area (Å²) >= 11 is 0. The average molecular weight is 323 g/mol. The summed E-state index contributed by atoms with van der Waals surface area (Å²) in [7, 11) is -2.15. The lowest BCUT2D eigenvalue weighted by atomic mass is 10.1. The van der Waals surface area contributed by atoms with Gasteiger partial charge in [-0.2, -0.15) is 0 Å². The molecule has 1 N–H and O–H groups in total. The van der Waals surface area contributed by atoms with Crippen LogP contribution in [0.4, 0.5) is 0 Å². The topological polar surface area (TPSA) is 72.5 Å². The Labute approximate surface area is 131 Å². The van der Waals surface area contributed by atoms with Gasteiger partial charge in [0.05, 0.1) is 12.0 Å². The molecule has 0 heterocycles. The molecule has 1 aliphatic rings. The first-order chi connectivity index (χ1) is 10.4. The highest BCUT2D eigenvalue weighted by atomic mass is 32.2. The lowest BCUT2D eigenvalue weighted by molar-refractivity contribution is -0.134. The van der Waals surface area contributed by atoms with Gasteiger partial charge >= 0.3 is 5.97 Å². The van der Waals surface area contributed by atoms with E-state index in [0.29, 0.717) is 6.42 Å². The molecule has 0 aliphatic heterocycles. The van der Waals surface area contributed by atoms with Crippen molar-refractivity contribution in [1.82, 2.24) is 4.72 Å². The highest BCUT2D eigenvalue weighted by Gasteiger charge is 2.27. The molecule has 0 amide bonds. The third-order valence-electron chi connectivity index (χ3n) is 3.83. The number of hydrogen-bond donors (Lipinski definition) is 1. The smallest absolute Gasteiger partial charge is 0.330 e. The predicted molar refractivity (Wildman–Crippen MR) is 83.8 cm³/mol. The molecule has 1 fully saturated rings. The zero-order valence-corrected chi connectivity index (χ0v) is 13.6. The number of benzene rings is 1. The number of aryl methyl sites for hydroxylation is 1. The number of ether oxygens (including phenoxy) is 1. The van der Waals surface area contributed by atoms with E-state index in [1.54, 1.807) is 30.3 Å². The summed E-state index contributed by atoms with van der Waals surface area (Å²) < 4.78 is 31.9. The van der Waals surface area contributed by atoms with Gasteiger partial charge in [0, 0.05) is 12.1 Å². The van der Waals surface area contributed by atoms with Crippen LogP contribution in [-0.2, 0) is 19.6 Å². The van der Waals surface area contributed by atoms with Crippen LogP contribution in [-0.4, -0.2) is 27.5 Å². The van der Waals surface area contributed by atoms with Gasteiger partial charge in [-0.3, -0.25) is 0 Å². The molecule has 2 unspecified atom stereocenters. The summed E-state index contributed by atoms with van der Waals surface area (Å²) in [4.78, 5) is 11.4. The maximum atomic E-state index is 12.3. The lowest BCUT2D eigenvalue weighted by Crippen LogP contribution is -2.32. The molecule has 120 valence electrons. The normalized spacial score (nSPS) is 22.1. The number of carbonyl (C=O) groups excluding carboxylic acids is 1. The molecule has 0 bridgehead atoms. The molecule has 0 aromatic heterocycles. The number of hydrogen-bond acceptors (Lipinski definition) is 4. The van der Waals surface area contributed by atoms with Crippen molar-refractivity contribution in [2.24, 2.45) is 5.92 Å². The van der Waals surface area contributed by atoms with Crippen molar-refractivity contribution >= 4 is 16.0 Å². The van der Waals surface area contributed by atoms with Crippen molar-refractivity contribution in [1.29, 1.82) is 0 Å². The number of nitrogens with one attached hydrogen (secondary N) is 1. The molecular weight excluding hydrogens is 302 g/mol. The predicted octanol–water partition coefficient (Wildman–Crippen LogP) is 2.17. The van der Waals surface area contributed by atoms with Crippen molar-refractivity contribution in [2.45, 2.75) is 37.1 Å². The zero-order chi connectivity index (χ0) is 16.2. The van der Waals surface area contributed by atoms with Crippen LogP contribution in [0.15, 0.2) is 41.3 Å². The third kappa shape index (κ3) is 4.42. The van der Waals surface area contributed by atoms with Crippen LogP contribution in [0.25, 0.3) is 0 Å². The Hall–Kier alpha value is -1.66. The van der Waals surface area contributed by atoms with E-state index in [-0.39, 0.29) is 22.8 Å². The number of sulfonamides is 1. The molecule has 1 saturated carbocycles. The van der Waals surface area contributed by atoms with Crippen LogP contribution in [0.3, 0.4) is 0 Å². The van der Waals surface area contributed by atoms with E-state index in [4.69, 9.17) is 0 Å². The van der Waals surface area contributed by atoms with Gasteiger partial charge in [0.2, 0.25) is 10.0 Å². The van der Waals surface area contributed by atoms with Gasteiger partial charge < -0.3 is 4.74 Å². The summed E-state index contributed by atoms with van der Waals surface area (Å²) in [6.07, 6.45) is 5.52. The maximum Gasteiger partial charge on any atom is 0.330 e. The molecule has 0 spiro atoms. The summed E-state index contributed by atoms with van der Waals surface area (Å²) in [5.74, 6) is -0.187. The number of allylic oxidation sites excluding steroid dienone is 1. The van der Waals surface area contributed by atoms with Gasteiger partial charge in [0.1, 0.15) is 0 Å². The van der Waals surface area contributed by atoms with Gasteiger partial charge in [-0.05, 0) is 44.2 Å². The van der Waals surface area contributed by atoms with Crippen molar-refractivity contribution in [2.75, 3.05) is 7.11 Å². The molecule has 2 rings (SSSR count). The number of carbonyl (C=O) groups is 1. The summed E-state index contributed by atoms with van der Waals surface area (Å²) in [5.41, 5.74) is 1.02. The van der Waals surface area contributed by atoms with Gasteiger partial charge in [-0.1, -0.05) is 23.8 Å². The van der Waals surface area contributed by atoms with Crippen LogP contribution in [0, 0.1) is 12.8 Å². The van der Waals surface area contributed by atoms with Gasteiger partial charge in [-0.25, -0.2) is 17.9 Å².